The van der Waals surface area contributed by atoms with E-state index >= 15 is 0 Å². The van der Waals surface area contributed by atoms with Gasteiger partial charge in [0.1, 0.15) is 11.9 Å². The standard InChI is InChI=1S/C17H22N2O/c1-14(13-18-15-8-5-4-6-9-15)20-17-11-7-10-16(12-17)19(2)3/h4-12,14,18H,13H2,1-3H3. The van der Waals surface area contributed by atoms with Crippen molar-refractivity contribution in [1.29, 1.82) is 0 Å². The number of benzene rings is 2. The summed E-state index contributed by atoms with van der Waals surface area (Å²) in [6.07, 6.45) is 0.104. The van der Waals surface area contributed by atoms with Gasteiger partial charge in [-0.15, -0.1) is 0 Å². The monoisotopic (exact) mass is 270 g/mol. The molecule has 0 heterocycles. The fourth-order valence-corrected chi connectivity index (χ4v) is 1.93. The molecule has 1 atom stereocenters. The van der Waals surface area contributed by atoms with Gasteiger partial charge in [-0.1, -0.05) is 24.3 Å². The first-order chi connectivity index (χ1) is 9.65. The maximum atomic E-state index is 5.94. The highest BCUT2D eigenvalue weighted by atomic mass is 16.5. The molecule has 1 unspecified atom stereocenters. The van der Waals surface area contributed by atoms with Gasteiger partial charge in [0.15, 0.2) is 0 Å². The fourth-order valence-electron chi connectivity index (χ4n) is 1.93. The smallest absolute Gasteiger partial charge is 0.121 e. The molecule has 2 aromatic carbocycles. The minimum atomic E-state index is 0.104. The molecule has 20 heavy (non-hydrogen) atoms. The Kier molecular flexibility index (Phi) is 4.88. The second kappa shape index (κ2) is 6.85. The van der Waals surface area contributed by atoms with Gasteiger partial charge >= 0.3 is 0 Å². The first-order valence-electron chi connectivity index (χ1n) is 6.88. The Bertz CT molecular complexity index is 526. The van der Waals surface area contributed by atoms with E-state index in [9.17, 15) is 0 Å². The van der Waals surface area contributed by atoms with Crippen LogP contribution in [0.4, 0.5) is 11.4 Å². The van der Waals surface area contributed by atoms with E-state index in [0.29, 0.717) is 0 Å². The number of nitrogens with zero attached hydrogens (tertiary/aromatic N) is 1. The lowest BCUT2D eigenvalue weighted by Gasteiger charge is -2.18. The van der Waals surface area contributed by atoms with E-state index in [1.807, 2.05) is 44.4 Å². The zero-order valence-corrected chi connectivity index (χ0v) is 12.3. The Hall–Kier alpha value is -2.16. The molecule has 0 aliphatic rings. The predicted octanol–water partition coefficient (Wildman–Crippen LogP) is 3.63. The van der Waals surface area contributed by atoms with Crippen molar-refractivity contribution < 1.29 is 4.74 Å². The summed E-state index contributed by atoms with van der Waals surface area (Å²) in [6, 6.07) is 18.3. The molecule has 0 radical (unpaired) electrons. The summed E-state index contributed by atoms with van der Waals surface area (Å²) in [7, 11) is 4.05. The summed E-state index contributed by atoms with van der Waals surface area (Å²) in [4.78, 5) is 2.07. The summed E-state index contributed by atoms with van der Waals surface area (Å²) < 4.78 is 5.94. The molecule has 0 bridgehead atoms. The number of hydrogen-bond donors (Lipinski definition) is 1. The Balaban J connectivity index is 1.88. The summed E-state index contributed by atoms with van der Waals surface area (Å²) in [5.41, 5.74) is 2.26. The first-order valence-corrected chi connectivity index (χ1v) is 6.88. The summed E-state index contributed by atoms with van der Waals surface area (Å²) in [5.74, 6) is 0.901. The molecular formula is C17H22N2O. The molecule has 3 nitrogen and oxygen atoms in total. The molecule has 3 heteroatoms. The third-order valence-corrected chi connectivity index (χ3v) is 3.04. The molecule has 0 fully saturated rings. The van der Waals surface area contributed by atoms with Crippen molar-refractivity contribution in [2.45, 2.75) is 13.0 Å². The topological polar surface area (TPSA) is 24.5 Å². The average molecular weight is 270 g/mol. The molecule has 0 saturated heterocycles. The molecule has 0 saturated carbocycles. The fraction of sp³-hybridized carbons (Fsp3) is 0.294. The second-order valence-electron chi connectivity index (χ2n) is 5.07. The number of rotatable bonds is 6. The zero-order chi connectivity index (χ0) is 14.4. The highest BCUT2D eigenvalue weighted by Gasteiger charge is 2.05. The highest BCUT2D eigenvalue weighted by molar-refractivity contribution is 5.49. The lowest BCUT2D eigenvalue weighted by molar-refractivity contribution is 0.235. The van der Waals surface area contributed by atoms with Gasteiger partial charge in [0.2, 0.25) is 0 Å². The van der Waals surface area contributed by atoms with Crippen LogP contribution in [-0.2, 0) is 0 Å². The van der Waals surface area contributed by atoms with E-state index in [1.54, 1.807) is 0 Å². The van der Waals surface area contributed by atoms with Crippen molar-refractivity contribution in [1.82, 2.24) is 0 Å². The summed E-state index contributed by atoms with van der Waals surface area (Å²) in [5, 5.41) is 3.37. The van der Waals surface area contributed by atoms with Crippen LogP contribution < -0.4 is 15.0 Å². The third kappa shape index (κ3) is 4.19. The van der Waals surface area contributed by atoms with E-state index in [2.05, 4.69) is 41.4 Å². The van der Waals surface area contributed by atoms with E-state index in [4.69, 9.17) is 4.74 Å². The molecule has 1 N–H and O–H groups in total. The van der Waals surface area contributed by atoms with Crippen molar-refractivity contribution in [3.63, 3.8) is 0 Å². The third-order valence-electron chi connectivity index (χ3n) is 3.04. The van der Waals surface area contributed by atoms with Crippen LogP contribution in [0.5, 0.6) is 5.75 Å². The Morgan fingerprint density at radius 1 is 1.05 bits per heavy atom. The van der Waals surface area contributed by atoms with Crippen molar-refractivity contribution >= 4 is 11.4 Å². The van der Waals surface area contributed by atoms with E-state index in [1.165, 1.54) is 0 Å². The second-order valence-corrected chi connectivity index (χ2v) is 5.07. The zero-order valence-electron chi connectivity index (χ0n) is 12.3. The highest BCUT2D eigenvalue weighted by Crippen LogP contribution is 2.20. The van der Waals surface area contributed by atoms with Gasteiger partial charge in [0.25, 0.3) is 0 Å². The molecule has 0 aliphatic heterocycles. The quantitative estimate of drug-likeness (QED) is 0.867. The van der Waals surface area contributed by atoms with Crippen LogP contribution in [0, 0.1) is 0 Å². The van der Waals surface area contributed by atoms with Crippen LogP contribution in [0.3, 0.4) is 0 Å². The number of hydrogen-bond acceptors (Lipinski definition) is 3. The minimum Gasteiger partial charge on any atom is -0.489 e. The predicted molar refractivity (Wildman–Crippen MR) is 85.8 cm³/mol. The number of ether oxygens (including phenoxy) is 1. The van der Waals surface area contributed by atoms with Crippen molar-refractivity contribution in [3.05, 3.63) is 54.6 Å². The van der Waals surface area contributed by atoms with E-state index in [0.717, 1.165) is 23.7 Å². The minimum absolute atomic E-state index is 0.104. The molecule has 0 aromatic heterocycles. The van der Waals surface area contributed by atoms with Crippen LogP contribution in [-0.4, -0.2) is 26.7 Å². The molecule has 2 aromatic rings. The van der Waals surface area contributed by atoms with Crippen molar-refractivity contribution in [2.24, 2.45) is 0 Å². The number of nitrogens with one attached hydrogen (secondary N) is 1. The first kappa shape index (κ1) is 14.3. The van der Waals surface area contributed by atoms with Crippen LogP contribution in [0.25, 0.3) is 0 Å². The van der Waals surface area contributed by atoms with Crippen LogP contribution in [0.1, 0.15) is 6.92 Å². The molecule has 0 amide bonds. The molecule has 2 rings (SSSR count). The van der Waals surface area contributed by atoms with Crippen molar-refractivity contribution in [3.8, 4) is 5.75 Å². The van der Waals surface area contributed by atoms with Gasteiger partial charge in [0.05, 0.1) is 6.54 Å². The van der Waals surface area contributed by atoms with Gasteiger partial charge in [-0.3, -0.25) is 0 Å². The Labute approximate surface area is 121 Å². The maximum absolute atomic E-state index is 5.94. The van der Waals surface area contributed by atoms with Crippen molar-refractivity contribution in [2.75, 3.05) is 30.9 Å². The molecule has 106 valence electrons. The lowest BCUT2D eigenvalue weighted by atomic mass is 10.2. The number of anilines is 2. The summed E-state index contributed by atoms with van der Waals surface area (Å²) >= 11 is 0. The normalized spacial score (nSPS) is 11.8. The largest absolute Gasteiger partial charge is 0.489 e. The van der Waals surface area contributed by atoms with Crippen LogP contribution in [0.2, 0.25) is 0 Å². The van der Waals surface area contributed by atoms with Crippen LogP contribution in [0.15, 0.2) is 54.6 Å². The maximum Gasteiger partial charge on any atom is 0.121 e. The Morgan fingerprint density at radius 3 is 2.50 bits per heavy atom. The molecule has 0 spiro atoms. The van der Waals surface area contributed by atoms with Gasteiger partial charge in [0, 0.05) is 31.5 Å². The molecule has 0 aliphatic carbocycles. The molecular weight excluding hydrogens is 248 g/mol. The van der Waals surface area contributed by atoms with E-state index < -0.39 is 0 Å². The van der Waals surface area contributed by atoms with E-state index in [-0.39, 0.29) is 6.10 Å². The van der Waals surface area contributed by atoms with Gasteiger partial charge in [-0.05, 0) is 31.2 Å². The van der Waals surface area contributed by atoms with Gasteiger partial charge in [-0.2, -0.15) is 0 Å². The average Bonchev–Trinajstić information content (AvgIpc) is 2.46. The number of para-hydroxylation sites is 1. The SMILES string of the molecule is CC(CNc1ccccc1)Oc1cccc(N(C)C)c1. The lowest BCUT2D eigenvalue weighted by Crippen LogP contribution is -2.22. The van der Waals surface area contributed by atoms with Gasteiger partial charge in [-0.25, -0.2) is 0 Å². The summed E-state index contributed by atoms with van der Waals surface area (Å²) in [6.45, 7) is 2.84. The van der Waals surface area contributed by atoms with Crippen LogP contribution >= 0.6 is 0 Å². The Morgan fingerprint density at radius 2 is 1.80 bits per heavy atom. The van der Waals surface area contributed by atoms with Gasteiger partial charge < -0.3 is 15.0 Å².